The Morgan fingerprint density at radius 1 is 1.20 bits per heavy atom. The van der Waals surface area contributed by atoms with Crippen molar-refractivity contribution < 1.29 is 19.0 Å². The highest BCUT2D eigenvalue weighted by Crippen LogP contribution is 2.20. The predicted octanol–water partition coefficient (Wildman–Crippen LogP) is 1.68. The quantitative estimate of drug-likeness (QED) is 0.571. The summed E-state index contributed by atoms with van der Waals surface area (Å²) in [5.74, 6) is 1.12. The second-order valence-corrected chi connectivity index (χ2v) is 7.12. The molecular weight excluding hydrogens is 320 g/mol. The van der Waals surface area contributed by atoms with Gasteiger partial charge in [0.15, 0.2) is 0 Å². The lowest BCUT2D eigenvalue weighted by atomic mass is 9.91. The summed E-state index contributed by atoms with van der Waals surface area (Å²) in [6.45, 7) is 11.3. The number of hydrogen-bond acceptors (Lipinski definition) is 5. The minimum absolute atomic E-state index is 0.0320. The van der Waals surface area contributed by atoms with E-state index in [1.807, 2.05) is 0 Å². The Hall–Kier alpha value is -0.690. The fraction of sp³-hybridized carbons (Fsp3) is 0.947. The molecule has 0 aromatic carbocycles. The molecule has 2 fully saturated rings. The van der Waals surface area contributed by atoms with Crippen LogP contribution in [0.1, 0.15) is 39.5 Å². The summed E-state index contributed by atoms with van der Waals surface area (Å²) in [4.78, 5) is 15.1. The van der Waals surface area contributed by atoms with Crippen LogP contribution in [0.25, 0.3) is 0 Å². The van der Waals surface area contributed by atoms with E-state index in [9.17, 15) is 4.79 Å². The van der Waals surface area contributed by atoms with Gasteiger partial charge in [-0.05, 0) is 18.8 Å². The predicted molar refractivity (Wildman–Crippen MR) is 97.6 cm³/mol. The smallest absolute Gasteiger partial charge is 0.237 e. The van der Waals surface area contributed by atoms with Gasteiger partial charge >= 0.3 is 0 Å². The summed E-state index contributed by atoms with van der Waals surface area (Å²) in [5, 5.41) is 3.13. The molecule has 2 unspecified atom stereocenters. The normalized spacial score (nSPS) is 23.1. The lowest BCUT2D eigenvalue weighted by molar-refractivity contribution is -0.130. The largest absolute Gasteiger partial charge is 0.381 e. The van der Waals surface area contributed by atoms with E-state index < -0.39 is 0 Å². The molecule has 0 bridgehead atoms. The number of rotatable bonds is 11. The summed E-state index contributed by atoms with van der Waals surface area (Å²) in [5.41, 5.74) is 0. The van der Waals surface area contributed by atoms with E-state index in [1.54, 1.807) is 0 Å². The van der Waals surface area contributed by atoms with Crippen LogP contribution in [0.4, 0.5) is 0 Å². The number of morpholine rings is 1. The molecule has 2 aliphatic rings. The summed E-state index contributed by atoms with van der Waals surface area (Å²) >= 11 is 0. The van der Waals surface area contributed by atoms with Crippen molar-refractivity contribution in [3.05, 3.63) is 0 Å². The van der Waals surface area contributed by atoms with E-state index in [0.717, 1.165) is 71.8 Å². The number of ether oxygens (including phenoxy) is 3. The van der Waals surface area contributed by atoms with Crippen LogP contribution in [-0.2, 0) is 19.0 Å². The number of nitrogens with zero attached hydrogens (tertiary/aromatic N) is 1. The summed E-state index contributed by atoms with van der Waals surface area (Å²) < 4.78 is 16.5. The Labute approximate surface area is 152 Å². The third kappa shape index (κ3) is 6.85. The zero-order chi connectivity index (χ0) is 17.9. The second-order valence-electron chi connectivity index (χ2n) is 7.12. The molecule has 0 aromatic rings. The number of carbonyl (C=O) groups excluding carboxylic acids is 1. The van der Waals surface area contributed by atoms with Crippen molar-refractivity contribution >= 4 is 5.91 Å². The molecule has 0 radical (unpaired) electrons. The summed E-state index contributed by atoms with van der Waals surface area (Å²) in [7, 11) is 0. The molecule has 2 heterocycles. The first-order valence-electron chi connectivity index (χ1n) is 10.0. The monoisotopic (exact) mass is 356 g/mol. The van der Waals surface area contributed by atoms with Crippen LogP contribution in [-0.4, -0.2) is 76.1 Å². The van der Waals surface area contributed by atoms with Crippen molar-refractivity contribution in [1.82, 2.24) is 10.2 Å². The van der Waals surface area contributed by atoms with Gasteiger partial charge in [0.2, 0.25) is 5.91 Å². The second kappa shape index (κ2) is 11.8. The van der Waals surface area contributed by atoms with Crippen molar-refractivity contribution in [1.29, 1.82) is 0 Å². The fourth-order valence-corrected chi connectivity index (χ4v) is 3.72. The van der Waals surface area contributed by atoms with Gasteiger partial charge in [-0.25, -0.2) is 0 Å². The summed E-state index contributed by atoms with van der Waals surface area (Å²) in [6.07, 6.45) is 4.02. The molecule has 2 saturated heterocycles. The van der Waals surface area contributed by atoms with Crippen LogP contribution < -0.4 is 5.32 Å². The van der Waals surface area contributed by atoms with Crippen LogP contribution in [0, 0.1) is 11.8 Å². The molecule has 0 saturated carbocycles. The van der Waals surface area contributed by atoms with Crippen LogP contribution in [0.15, 0.2) is 0 Å². The van der Waals surface area contributed by atoms with Crippen molar-refractivity contribution in [3.8, 4) is 0 Å². The van der Waals surface area contributed by atoms with Gasteiger partial charge < -0.3 is 19.5 Å². The van der Waals surface area contributed by atoms with Crippen LogP contribution in [0.2, 0.25) is 0 Å². The molecule has 0 aromatic heterocycles. The Bertz CT molecular complexity index is 364. The first kappa shape index (κ1) is 20.6. The first-order chi connectivity index (χ1) is 12.3. The molecule has 0 aliphatic carbocycles. The highest BCUT2D eigenvalue weighted by atomic mass is 16.5. The molecule has 25 heavy (non-hydrogen) atoms. The Balaban J connectivity index is 1.68. The van der Waals surface area contributed by atoms with E-state index in [-0.39, 0.29) is 11.9 Å². The fourth-order valence-electron chi connectivity index (χ4n) is 3.72. The minimum Gasteiger partial charge on any atom is -0.381 e. The summed E-state index contributed by atoms with van der Waals surface area (Å²) in [6, 6.07) is -0.0320. The Morgan fingerprint density at radius 2 is 1.96 bits per heavy atom. The zero-order valence-corrected chi connectivity index (χ0v) is 16.0. The lowest BCUT2D eigenvalue weighted by Crippen LogP contribution is -2.54. The van der Waals surface area contributed by atoms with Crippen molar-refractivity contribution in [2.24, 2.45) is 11.8 Å². The Kier molecular flexibility index (Phi) is 9.76. The van der Waals surface area contributed by atoms with Crippen LogP contribution >= 0.6 is 0 Å². The third-order valence-corrected chi connectivity index (χ3v) is 5.35. The highest BCUT2D eigenvalue weighted by Gasteiger charge is 2.32. The molecule has 6 heteroatoms. The van der Waals surface area contributed by atoms with Gasteiger partial charge in [-0.15, -0.1) is 0 Å². The topological polar surface area (TPSA) is 60.0 Å². The molecule has 2 rings (SSSR count). The molecule has 2 atom stereocenters. The van der Waals surface area contributed by atoms with Gasteiger partial charge in [-0.2, -0.15) is 0 Å². The van der Waals surface area contributed by atoms with Crippen LogP contribution in [0.3, 0.4) is 0 Å². The van der Waals surface area contributed by atoms with E-state index >= 15 is 0 Å². The SMILES string of the molecule is CCC(CC)C(C(=O)NCCCOCC1CCOC1)N1CCOCC1. The lowest BCUT2D eigenvalue weighted by Gasteiger charge is -2.37. The van der Waals surface area contributed by atoms with E-state index in [2.05, 4.69) is 24.1 Å². The average molecular weight is 357 g/mol. The van der Waals surface area contributed by atoms with E-state index in [0.29, 0.717) is 25.0 Å². The average Bonchev–Trinajstić information content (AvgIpc) is 3.16. The Morgan fingerprint density at radius 3 is 2.60 bits per heavy atom. The standard InChI is InChI=1S/C19H36N2O4/c1-3-17(4-2)18(21-8-12-23-13-9-21)19(22)20-7-5-10-24-14-16-6-11-25-15-16/h16-18H,3-15H2,1-2H3,(H,20,22). The number of carbonyl (C=O) groups is 1. The maximum Gasteiger partial charge on any atom is 0.237 e. The number of hydrogen-bond donors (Lipinski definition) is 1. The van der Waals surface area contributed by atoms with Crippen molar-refractivity contribution in [2.45, 2.75) is 45.6 Å². The van der Waals surface area contributed by atoms with Gasteiger partial charge in [0, 0.05) is 38.8 Å². The van der Waals surface area contributed by atoms with Gasteiger partial charge in [-0.1, -0.05) is 26.7 Å². The van der Waals surface area contributed by atoms with Gasteiger partial charge in [-0.3, -0.25) is 9.69 Å². The first-order valence-corrected chi connectivity index (χ1v) is 10.0. The van der Waals surface area contributed by atoms with Crippen LogP contribution in [0.5, 0.6) is 0 Å². The molecular formula is C19H36N2O4. The molecule has 0 spiro atoms. The molecule has 2 aliphatic heterocycles. The molecule has 146 valence electrons. The van der Waals surface area contributed by atoms with Gasteiger partial charge in [0.25, 0.3) is 0 Å². The molecule has 6 nitrogen and oxygen atoms in total. The highest BCUT2D eigenvalue weighted by molar-refractivity contribution is 5.82. The number of amides is 1. The number of nitrogens with one attached hydrogen (secondary N) is 1. The van der Waals surface area contributed by atoms with Crippen molar-refractivity contribution in [2.75, 3.05) is 59.3 Å². The maximum absolute atomic E-state index is 12.8. The van der Waals surface area contributed by atoms with Gasteiger partial charge in [0.05, 0.1) is 32.5 Å². The van der Waals surface area contributed by atoms with Crippen molar-refractivity contribution in [3.63, 3.8) is 0 Å². The maximum atomic E-state index is 12.8. The van der Waals surface area contributed by atoms with Gasteiger partial charge in [0.1, 0.15) is 0 Å². The zero-order valence-electron chi connectivity index (χ0n) is 16.0. The molecule has 1 N–H and O–H groups in total. The van der Waals surface area contributed by atoms with E-state index in [1.165, 1.54) is 0 Å². The third-order valence-electron chi connectivity index (χ3n) is 5.35. The minimum atomic E-state index is -0.0320. The van der Waals surface area contributed by atoms with E-state index in [4.69, 9.17) is 14.2 Å². The molecule has 1 amide bonds.